The quantitative estimate of drug-likeness (QED) is 0.245. The topological polar surface area (TPSA) is 70.5 Å². The Bertz CT molecular complexity index is 1380. The first kappa shape index (κ1) is 25.7. The molecule has 4 aromatic carbocycles. The van der Waals surface area contributed by atoms with E-state index in [-0.39, 0.29) is 0 Å². The number of hydrogen-bond acceptors (Lipinski definition) is 4. The van der Waals surface area contributed by atoms with E-state index in [4.69, 9.17) is 20.9 Å². The molecule has 0 spiro atoms. The Balaban J connectivity index is 1.43. The number of aryl methyl sites for hydroxylation is 3. The van der Waals surface area contributed by atoms with Crippen LogP contribution in [0.1, 0.15) is 71.4 Å². The van der Waals surface area contributed by atoms with Gasteiger partial charge in [-0.2, -0.15) is 0 Å². The molecule has 4 N–H and O–H groups in total. The fraction of sp³-hybridized carbons (Fsp3) is 0.294. The molecule has 0 atom stereocenters. The molecule has 1 saturated carbocycles. The molecule has 0 saturated heterocycles. The number of hydrogen-bond donors (Lipinski definition) is 2. The zero-order valence-electron chi connectivity index (χ0n) is 22.7. The van der Waals surface area contributed by atoms with Crippen molar-refractivity contribution in [3.05, 3.63) is 106 Å². The van der Waals surface area contributed by atoms with Gasteiger partial charge in [-0.25, -0.2) is 0 Å². The van der Waals surface area contributed by atoms with E-state index < -0.39 is 0 Å². The van der Waals surface area contributed by atoms with Crippen molar-refractivity contribution in [3.8, 4) is 23.0 Å². The standard InChI is InChI=1S/C34H38N2O2/c1-22-17-25(18-23(2)33(22)37-30-13-9-28(35)10-14-30)20-26-19-24(3)34(38-31-15-11-29(36)12-16-31)32(21-26)27-7-5-4-6-8-27/h9-19,21,27H,4-8,20,35-36H2,1-3H3. The minimum Gasteiger partial charge on any atom is -0.457 e. The number of nitrogens with two attached hydrogens (primary N) is 2. The highest BCUT2D eigenvalue weighted by molar-refractivity contribution is 5.52. The summed E-state index contributed by atoms with van der Waals surface area (Å²) >= 11 is 0. The zero-order chi connectivity index (χ0) is 26.6. The van der Waals surface area contributed by atoms with Gasteiger partial charge in [-0.3, -0.25) is 0 Å². The first-order valence-corrected chi connectivity index (χ1v) is 13.7. The lowest BCUT2D eigenvalue weighted by atomic mass is 9.82. The van der Waals surface area contributed by atoms with Crippen molar-refractivity contribution in [1.82, 2.24) is 0 Å². The summed E-state index contributed by atoms with van der Waals surface area (Å²) in [5, 5.41) is 0. The largest absolute Gasteiger partial charge is 0.457 e. The number of rotatable bonds is 7. The smallest absolute Gasteiger partial charge is 0.133 e. The van der Waals surface area contributed by atoms with Crippen LogP contribution in [0.3, 0.4) is 0 Å². The molecule has 4 heteroatoms. The van der Waals surface area contributed by atoms with E-state index in [1.165, 1.54) is 54.4 Å². The van der Waals surface area contributed by atoms with Crippen molar-refractivity contribution in [1.29, 1.82) is 0 Å². The Kier molecular flexibility index (Phi) is 7.59. The van der Waals surface area contributed by atoms with Crippen molar-refractivity contribution in [2.45, 2.75) is 65.2 Å². The highest BCUT2D eigenvalue weighted by Gasteiger charge is 2.22. The van der Waals surface area contributed by atoms with Gasteiger partial charge in [0.2, 0.25) is 0 Å². The Labute approximate surface area is 226 Å². The molecular weight excluding hydrogens is 468 g/mol. The molecule has 0 aliphatic heterocycles. The Morgan fingerprint density at radius 1 is 0.605 bits per heavy atom. The lowest BCUT2D eigenvalue weighted by molar-refractivity contribution is 0.417. The van der Waals surface area contributed by atoms with E-state index >= 15 is 0 Å². The second kappa shape index (κ2) is 11.2. The predicted octanol–water partition coefficient (Wildman–Crippen LogP) is 9.00. The average Bonchev–Trinajstić information content (AvgIpc) is 2.90. The van der Waals surface area contributed by atoms with Crippen LogP contribution in [0, 0.1) is 20.8 Å². The van der Waals surface area contributed by atoms with Crippen LogP contribution in [0.15, 0.2) is 72.8 Å². The second-order valence-corrected chi connectivity index (χ2v) is 10.7. The zero-order valence-corrected chi connectivity index (χ0v) is 22.7. The van der Waals surface area contributed by atoms with Gasteiger partial charge in [0, 0.05) is 11.4 Å². The van der Waals surface area contributed by atoms with Crippen molar-refractivity contribution in [2.75, 3.05) is 11.5 Å². The SMILES string of the molecule is Cc1cc(Cc2cc(C)c(Oc3ccc(N)cc3)c(C3CCCCC3)c2)cc(C)c1Oc1ccc(N)cc1. The summed E-state index contributed by atoms with van der Waals surface area (Å²) in [6.45, 7) is 6.40. The summed E-state index contributed by atoms with van der Waals surface area (Å²) in [7, 11) is 0. The van der Waals surface area contributed by atoms with Gasteiger partial charge in [0.15, 0.2) is 0 Å². The molecule has 0 amide bonds. The molecular formula is C34H38N2O2. The van der Waals surface area contributed by atoms with Gasteiger partial charge in [0.05, 0.1) is 0 Å². The van der Waals surface area contributed by atoms with E-state index in [1.807, 2.05) is 48.5 Å². The van der Waals surface area contributed by atoms with Crippen molar-refractivity contribution < 1.29 is 9.47 Å². The maximum atomic E-state index is 6.49. The lowest BCUT2D eigenvalue weighted by Crippen LogP contribution is -2.08. The molecule has 196 valence electrons. The van der Waals surface area contributed by atoms with E-state index in [1.54, 1.807) is 0 Å². The Morgan fingerprint density at radius 2 is 1.05 bits per heavy atom. The van der Waals surface area contributed by atoms with Crippen LogP contribution in [0.4, 0.5) is 11.4 Å². The number of anilines is 2. The van der Waals surface area contributed by atoms with Crippen LogP contribution in [-0.2, 0) is 6.42 Å². The Hall–Kier alpha value is -3.92. The minimum atomic E-state index is 0.533. The van der Waals surface area contributed by atoms with Crippen LogP contribution < -0.4 is 20.9 Å². The van der Waals surface area contributed by atoms with Crippen LogP contribution in [0.5, 0.6) is 23.0 Å². The first-order chi connectivity index (χ1) is 18.4. The van der Waals surface area contributed by atoms with Crippen molar-refractivity contribution >= 4 is 11.4 Å². The maximum absolute atomic E-state index is 6.49. The molecule has 0 unspecified atom stereocenters. The van der Waals surface area contributed by atoms with E-state index in [9.17, 15) is 0 Å². The molecule has 38 heavy (non-hydrogen) atoms. The summed E-state index contributed by atoms with van der Waals surface area (Å²) < 4.78 is 12.7. The van der Waals surface area contributed by atoms with Gasteiger partial charge in [0.1, 0.15) is 23.0 Å². The third kappa shape index (κ3) is 5.96. The van der Waals surface area contributed by atoms with Crippen LogP contribution >= 0.6 is 0 Å². The number of nitrogen functional groups attached to an aromatic ring is 2. The van der Waals surface area contributed by atoms with Gasteiger partial charge in [-0.15, -0.1) is 0 Å². The average molecular weight is 507 g/mol. The highest BCUT2D eigenvalue weighted by atomic mass is 16.5. The van der Waals surface area contributed by atoms with E-state index in [0.717, 1.165) is 51.9 Å². The van der Waals surface area contributed by atoms with Gasteiger partial charge in [-0.05, 0) is 128 Å². The summed E-state index contributed by atoms with van der Waals surface area (Å²) in [5.41, 5.74) is 20.6. The Morgan fingerprint density at radius 3 is 1.58 bits per heavy atom. The minimum absolute atomic E-state index is 0.533. The molecule has 0 bridgehead atoms. The number of benzene rings is 4. The summed E-state index contributed by atoms with van der Waals surface area (Å²) in [6, 6.07) is 24.4. The van der Waals surface area contributed by atoms with Crippen LogP contribution in [0.25, 0.3) is 0 Å². The molecule has 1 aliphatic rings. The highest BCUT2D eigenvalue weighted by Crippen LogP contribution is 2.42. The molecule has 0 aromatic heterocycles. The third-order valence-electron chi connectivity index (χ3n) is 7.54. The molecule has 5 rings (SSSR count). The van der Waals surface area contributed by atoms with Crippen molar-refractivity contribution in [3.63, 3.8) is 0 Å². The van der Waals surface area contributed by atoms with Gasteiger partial charge >= 0.3 is 0 Å². The van der Waals surface area contributed by atoms with Crippen LogP contribution in [-0.4, -0.2) is 0 Å². The van der Waals surface area contributed by atoms with Gasteiger partial charge in [-0.1, -0.05) is 43.5 Å². The second-order valence-electron chi connectivity index (χ2n) is 10.7. The summed E-state index contributed by atoms with van der Waals surface area (Å²) in [6.07, 6.45) is 7.19. The van der Waals surface area contributed by atoms with Gasteiger partial charge in [0.25, 0.3) is 0 Å². The number of ether oxygens (including phenoxy) is 2. The fourth-order valence-corrected chi connectivity index (χ4v) is 5.68. The third-order valence-corrected chi connectivity index (χ3v) is 7.54. The van der Waals surface area contributed by atoms with E-state index in [0.29, 0.717) is 5.92 Å². The monoisotopic (exact) mass is 506 g/mol. The molecule has 1 aliphatic carbocycles. The first-order valence-electron chi connectivity index (χ1n) is 13.7. The molecule has 4 nitrogen and oxygen atoms in total. The van der Waals surface area contributed by atoms with Gasteiger partial charge < -0.3 is 20.9 Å². The molecule has 4 aromatic rings. The molecule has 0 radical (unpaired) electrons. The van der Waals surface area contributed by atoms with Crippen LogP contribution in [0.2, 0.25) is 0 Å². The summed E-state index contributed by atoms with van der Waals surface area (Å²) in [5.74, 6) is 4.07. The normalized spacial score (nSPS) is 13.9. The maximum Gasteiger partial charge on any atom is 0.133 e. The van der Waals surface area contributed by atoms with E-state index in [2.05, 4.69) is 45.0 Å². The lowest BCUT2D eigenvalue weighted by Gasteiger charge is -2.26. The fourth-order valence-electron chi connectivity index (χ4n) is 5.68. The summed E-state index contributed by atoms with van der Waals surface area (Å²) in [4.78, 5) is 0. The molecule has 1 fully saturated rings. The van der Waals surface area contributed by atoms with Crippen molar-refractivity contribution in [2.24, 2.45) is 0 Å². The molecule has 0 heterocycles. The predicted molar refractivity (Wildman–Crippen MR) is 158 cm³/mol.